The highest BCUT2D eigenvalue weighted by Crippen LogP contribution is 2.34. The first-order valence-corrected chi connectivity index (χ1v) is 5.78. The molecular weight excluding hydrogens is 272 g/mol. The molecule has 3 N–H and O–H groups in total. The summed E-state index contributed by atoms with van der Waals surface area (Å²) in [5.74, 6) is -1.31. The molecule has 0 aromatic heterocycles. The minimum Gasteiger partial charge on any atom is -0.397 e. The maximum Gasteiger partial charge on any atom is 0.419 e. The van der Waals surface area contributed by atoms with Gasteiger partial charge in [-0.15, -0.1) is 0 Å². The number of nitrogens with one attached hydrogen (secondary N) is 1. The van der Waals surface area contributed by atoms with Gasteiger partial charge in [-0.2, -0.15) is 13.2 Å². The highest BCUT2D eigenvalue weighted by Gasteiger charge is 2.34. The molecule has 0 aliphatic carbocycles. The molecule has 0 saturated heterocycles. The van der Waals surface area contributed by atoms with Crippen LogP contribution in [0.15, 0.2) is 36.4 Å². The Morgan fingerprint density at radius 1 is 1.10 bits per heavy atom. The number of hydrogen-bond donors (Lipinski definition) is 2. The normalized spacial score (nSPS) is 11.4. The zero-order chi connectivity index (χ0) is 14.9. The van der Waals surface area contributed by atoms with E-state index in [2.05, 4.69) is 5.32 Å². The number of halogens is 4. The molecule has 2 aromatic rings. The molecule has 0 atom stereocenters. The molecule has 0 aliphatic rings. The Labute approximate surface area is 113 Å². The molecule has 0 saturated carbocycles. The molecule has 2 rings (SSSR count). The molecule has 0 unspecified atom stereocenters. The largest absolute Gasteiger partial charge is 0.419 e. The van der Waals surface area contributed by atoms with Gasteiger partial charge >= 0.3 is 6.18 Å². The van der Waals surface area contributed by atoms with Gasteiger partial charge in [0.2, 0.25) is 0 Å². The average Bonchev–Trinajstić information content (AvgIpc) is 2.36. The van der Waals surface area contributed by atoms with Gasteiger partial charge in [-0.3, -0.25) is 0 Å². The second-order valence-electron chi connectivity index (χ2n) is 4.35. The summed E-state index contributed by atoms with van der Waals surface area (Å²) < 4.78 is 51.0. The lowest BCUT2D eigenvalue weighted by Gasteiger charge is -2.14. The van der Waals surface area contributed by atoms with E-state index < -0.39 is 17.6 Å². The molecule has 2 nitrogen and oxygen atoms in total. The van der Waals surface area contributed by atoms with Crippen LogP contribution in [0, 0.1) is 12.7 Å². The molecule has 20 heavy (non-hydrogen) atoms. The van der Waals surface area contributed by atoms with Crippen LogP contribution in [0.3, 0.4) is 0 Å². The molecule has 0 spiro atoms. The van der Waals surface area contributed by atoms with E-state index in [-0.39, 0.29) is 5.69 Å². The van der Waals surface area contributed by atoms with Gasteiger partial charge in [-0.25, -0.2) is 4.39 Å². The quantitative estimate of drug-likeness (QED) is 0.630. The Bertz CT molecular complexity index is 636. The van der Waals surface area contributed by atoms with Gasteiger partial charge < -0.3 is 11.1 Å². The number of benzene rings is 2. The molecule has 0 heterocycles. The standard InChI is InChI=1S/C14H12F4N2/c1-8-3-2-4-12(13(8)19)20-9-5-6-11(15)10(7-9)14(16,17)18/h2-7,20H,19H2,1H3. The molecule has 106 valence electrons. The lowest BCUT2D eigenvalue weighted by molar-refractivity contribution is -0.139. The number of hydrogen-bond acceptors (Lipinski definition) is 2. The highest BCUT2D eigenvalue weighted by molar-refractivity contribution is 5.75. The van der Waals surface area contributed by atoms with Crippen LogP contribution in [0.25, 0.3) is 0 Å². The fraction of sp³-hybridized carbons (Fsp3) is 0.143. The zero-order valence-electron chi connectivity index (χ0n) is 10.6. The second-order valence-corrected chi connectivity index (χ2v) is 4.35. The Kier molecular flexibility index (Phi) is 3.57. The van der Waals surface area contributed by atoms with Crippen molar-refractivity contribution in [2.45, 2.75) is 13.1 Å². The van der Waals surface area contributed by atoms with Gasteiger partial charge in [0, 0.05) is 5.69 Å². The van der Waals surface area contributed by atoms with Crippen molar-refractivity contribution in [3.05, 3.63) is 53.3 Å². The van der Waals surface area contributed by atoms with Crippen molar-refractivity contribution < 1.29 is 17.6 Å². The summed E-state index contributed by atoms with van der Waals surface area (Å²) in [5.41, 5.74) is 6.35. The Hall–Kier alpha value is -2.24. The number of para-hydroxylation sites is 1. The van der Waals surface area contributed by atoms with Gasteiger partial charge in [0.25, 0.3) is 0 Å². The van der Waals surface area contributed by atoms with E-state index >= 15 is 0 Å². The van der Waals surface area contributed by atoms with Crippen LogP contribution < -0.4 is 11.1 Å². The minimum absolute atomic E-state index is 0.121. The summed E-state index contributed by atoms with van der Waals surface area (Å²) in [4.78, 5) is 0. The third kappa shape index (κ3) is 2.84. The predicted molar refractivity (Wildman–Crippen MR) is 70.3 cm³/mol. The second kappa shape index (κ2) is 5.03. The minimum atomic E-state index is -4.74. The summed E-state index contributed by atoms with van der Waals surface area (Å²) >= 11 is 0. The van der Waals surface area contributed by atoms with Gasteiger partial charge in [-0.1, -0.05) is 12.1 Å². The number of nitrogens with two attached hydrogens (primary N) is 1. The van der Waals surface area contributed by atoms with Crippen molar-refractivity contribution in [2.75, 3.05) is 11.1 Å². The molecule has 0 radical (unpaired) electrons. The van der Waals surface area contributed by atoms with E-state index in [4.69, 9.17) is 5.73 Å². The first-order valence-electron chi connectivity index (χ1n) is 5.78. The summed E-state index contributed by atoms with van der Waals surface area (Å²) in [6.07, 6.45) is -4.74. The SMILES string of the molecule is Cc1cccc(Nc2ccc(F)c(C(F)(F)F)c2)c1N. The maximum atomic E-state index is 13.2. The number of alkyl halides is 3. The van der Waals surface area contributed by atoms with E-state index in [0.717, 1.165) is 17.7 Å². The zero-order valence-corrected chi connectivity index (χ0v) is 10.6. The van der Waals surface area contributed by atoms with Crippen molar-refractivity contribution >= 4 is 17.1 Å². The van der Waals surface area contributed by atoms with Crippen LogP contribution in [0.4, 0.5) is 34.6 Å². The van der Waals surface area contributed by atoms with Gasteiger partial charge in [0.15, 0.2) is 0 Å². The van der Waals surface area contributed by atoms with Crippen molar-refractivity contribution in [3.63, 3.8) is 0 Å². The first kappa shape index (κ1) is 14.2. The maximum absolute atomic E-state index is 13.2. The van der Waals surface area contributed by atoms with E-state index in [0.29, 0.717) is 11.4 Å². The molecule has 0 aliphatic heterocycles. The van der Waals surface area contributed by atoms with Crippen LogP contribution >= 0.6 is 0 Å². The van der Waals surface area contributed by atoms with E-state index in [9.17, 15) is 17.6 Å². The molecule has 0 bridgehead atoms. The topological polar surface area (TPSA) is 38.0 Å². The summed E-state index contributed by atoms with van der Waals surface area (Å²) in [6.45, 7) is 1.78. The van der Waals surface area contributed by atoms with E-state index in [1.165, 1.54) is 6.07 Å². The van der Waals surface area contributed by atoms with E-state index in [1.54, 1.807) is 25.1 Å². The van der Waals surface area contributed by atoms with Crippen molar-refractivity contribution in [3.8, 4) is 0 Å². The lowest BCUT2D eigenvalue weighted by Crippen LogP contribution is -2.09. The lowest BCUT2D eigenvalue weighted by atomic mass is 10.1. The first-order chi connectivity index (χ1) is 9.29. The number of aryl methyl sites for hydroxylation is 1. The molecule has 0 fully saturated rings. The molecular formula is C14H12F4N2. The van der Waals surface area contributed by atoms with Crippen molar-refractivity contribution in [1.29, 1.82) is 0 Å². The third-order valence-corrected chi connectivity index (χ3v) is 2.87. The molecule has 0 amide bonds. The molecule has 6 heteroatoms. The van der Waals surface area contributed by atoms with Gasteiger partial charge in [0.1, 0.15) is 5.82 Å². The van der Waals surface area contributed by atoms with Crippen LogP contribution in [0.2, 0.25) is 0 Å². The summed E-state index contributed by atoms with van der Waals surface area (Å²) in [5, 5.41) is 2.76. The van der Waals surface area contributed by atoms with Crippen LogP contribution in [-0.2, 0) is 6.18 Å². The Morgan fingerprint density at radius 2 is 1.80 bits per heavy atom. The smallest absolute Gasteiger partial charge is 0.397 e. The van der Waals surface area contributed by atoms with Crippen LogP contribution in [-0.4, -0.2) is 0 Å². The monoisotopic (exact) mass is 284 g/mol. The Balaban J connectivity index is 2.38. The van der Waals surface area contributed by atoms with E-state index in [1.807, 2.05) is 0 Å². The fourth-order valence-corrected chi connectivity index (χ4v) is 1.77. The van der Waals surface area contributed by atoms with Crippen molar-refractivity contribution in [2.24, 2.45) is 0 Å². The summed E-state index contributed by atoms with van der Waals surface area (Å²) in [7, 11) is 0. The summed E-state index contributed by atoms with van der Waals surface area (Å²) in [6, 6.07) is 7.87. The Morgan fingerprint density at radius 3 is 2.45 bits per heavy atom. The molecule has 2 aromatic carbocycles. The number of anilines is 3. The average molecular weight is 284 g/mol. The highest BCUT2D eigenvalue weighted by atomic mass is 19.4. The van der Waals surface area contributed by atoms with Crippen molar-refractivity contribution in [1.82, 2.24) is 0 Å². The van der Waals surface area contributed by atoms with Crippen LogP contribution in [0.1, 0.15) is 11.1 Å². The fourth-order valence-electron chi connectivity index (χ4n) is 1.77. The third-order valence-electron chi connectivity index (χ3n) is 2.87. The number of nitrogen functional groups attached to an aromatic ring is 1. The predicted octanol–water partition coefficient (Wildman–Crippen LogP) is 4.48. The van der Waals surface area contributed by atoms with Crippen LogP contribution in [0.5, 0.6) is 0 Å². The van der Waals surface area contributed by atoms with Gasteiger partial charge in [-0.05, 0) is 36.8 Å². The van der Waals surface area contributed by atoms with Gasteiger partial charge in [0.05, 0.1) is 16.9 Å². The number of rotatable bonds is 2.